The van der Waals surface area contributed by atoms with E-state index in [1.165, 1.54) is 11.3 Å². The van der Waals surface area contributed by atoms with E-state index in [-0.39, 0.29) is 5.56 Å². The molecule has 0 aliphatic rings. The van der Waals surface area contributed by atoms with E-state index in [1.54, 1.807) is 4.68 Å². The van der Waals surface area contributed by atoms with Gasteiger partial charge in [-0.2, -0.15) is 0 Å². The van der Waals surface area contributed by atoms with Crippen molar-refractivity contribution in [2.45, 2.75) is 20.4 Å². The molecule has 124 valence electrons. The summed E-state index contributed by atoms with van der Waals surface area (Å²) in [6, 6.07) is 9.60. The Morgan fingerprint density at radius 1 is 1.25 bits per heavy atom. The van der Waals surface area contributed by atoms with Gasteiger partial charge >= 0.3 is 0 Å². The number of hydrogen-bond acceptors (Lipinski definition) is 3. The molecule has 24 heavy (non-hydrogen) atoms. The number of para-hydroxylation sites is 1. The largest absolute Gasteiger partial charge is 0.317 e. The molecular weight excluding hydrogens is 320 g/mol. The van der Waals surface area contributed by atoms with Gasteiger partial charge < -0.3 is 4.57 Å². The minimum Gasteiger partial charge on any atom is -0.317 e. The molecule has 0 N–H and O–H groups in total. The van der Waals surface area contributed by atoms with Gasteiger partial charge in [-0.15, -0.1) is 17.9 Å². The molecule has 5 nitrogen and oxygen atoms in total. The number of rotatable bonds is 4. The quantitative estimate of drug-likeness (QED) is 0.673. The first-order valence-electron chi connectivity index (χ1n) is 7.69. The molecule has 0 amide bonds. The first-order chi connectivity index (χ1) is 11.5. The molecule has 1 aromatic carbocycles. The summed E-state index contributed by atoms with van der Waals surface area (Å²) in [4.78, 5) is 18.4. The molecule has 3 rings (SSSR count). The van der Waals surface area contributed by atoms with Crippen molar-refractivity contribution < 1.29 is 0 Å². The Labute approximate surface area is 144 Å². The highest BCUT2D eigenvalue weighted by molar-refractivity contribution is 7.07. The lowest BCUT2D eigenvalue weighted by molar-refractivity contribution is 0.630. The average molecular weight is 340 g/mol. The molecule has 2 aromatic heterocycles. The molecule has 0 spiro atoms. The zero-order chi connectivity index (χ0) is 17.3. The predicted molar refractivity (Wildman–Crippen MR) is 98.2 cm³/mol. The monoisotopic (exact) mass is 340 g/mol. The van der Waals surface area contributed by atoms with Gasteiger partial charge in [0.25, 0.3) is 5.56 Å². The molecule has 0 bridgehead atoms. The van der Waals surface area contributed by atoms with E-state index >= 15 is 0 Å². The van der Waals surface area contributed by atoms with Crippen molar-refractivity contribution in [3.8, 4) is 5.69 Å². The van der Waals surface area contributed by atoms with Gasteiger partial charge in [-0.05, 0) is 26.0 Å². The van der Waals surface area contributed by atoms with E-state index < -0.39 is 0 Å². The van der Waals surface area contributed by atoms with Gasteiger partial charge in [0.05, 0.1) is 11.4 Å². The number of allylic oxidation sites excluding steroid dienone is 1. The molecular formula is C18H20N4OS. The molecule has 6 heteroatoms. The SMILES string of the molecule is C=CCn1c(C)csc1=Nc1c(C)n(C)n(-c2ccccc2)c1=O. The van der Waals surface area contributed by atoms with Crippen LogP contribution in [0.1, 0.15) is 11.4 Å². The van der Waals surface area contributed by atoms with Crippen LogP contribution in [0.3, 0.4) is 0 Å². The van der Waals surface area contributed by atoms with E-state index in [9.17, 15) is 4.79 Å². The lowest BCUT2D eigenvalue weighted by atomic mass is 10.3. The Morgan fingerprint density at radius 2 is 1.96 bits per heavy atom. The summed E-state index contributed by atoms with van der Waals surface area (Å²) in [5.41, 5.74) is 3.13. The van der Waals surface area contributed by atoms with Crippen LogP contribution >= 0.6 is 11.3 Å². The third-order valence-electron chi connectivity index (χ3n) is 4.03. The van der Waals surface area contributed by atoms with Crippen molar-refractivity contribution in [2.75, 3.05) is 0 Å². The highest BCUT2D eigenvalue weighted by Gasteiger charge is 2.15. The number of benzene rings is 1. The second-order valence-electron chi connectivity index (χ2n) is 5.58. The fraction of sp³-hybridized carbons (Fsp3) is 0.222. The summed E-state index contributed by atoms with van der Waals surface area (Å²) in [7, 11) is 1.88. The van der Waals surface area contributed by atoms with E-state index in [4.69, 9.17) is 0 Å². The zero-order valence-electron chi connectivity index (χ0n) is 14.1. The van der Waals surface area contributed by atoms with Crippen LogP contribution < -0.4 is 10.4 Å². The minimum absolute atomic E-state index is 0.114. The number of hydrogen-bond donors (Lipinski definition) is 0. The topological polar surface area (TPSA) is 44.2 Å². The van der Waals surface area contributed by atoms with Crippen LogP contribution in [-0.4, -0.2) is 13.9 Å². The molecule has 0 saturated heterocycles. The number of aryl methyl sites for hydroxylation is 1. The summed E-state index contributed by atoms with van der Waals surface area (Å²) < 4.78 is 5.54. The fourth-order valence-electron chi connectivity index (χ4n) is 2.63. The Balaban J connectivity index is 2.23. The number of aromatic nitrogens is 3. The summed E-state index contributed by atoms with van der Waals surface area (Å²) in [5, 5.41) is 2.04. The van der Waals surface area contributed by atoms with Gasteiger partial charge in [0.2, 0.25) is 0 Å². The lowest BCUT2D eigenvalue weighted by Crippen LogP contribution is -2.20. The normalized spacial score (nSPS) is 11.9. The third-order valence-corrected chi connectivity index (χ3v) is 5.02. The Hall–Kier alpha value is -2.60. The van der Waals surface area contributed by atoms with Crippen molar-refractivity contribution in [2.24, 2.45) is 12.0 Å². The van der Waals surface area contributed by atoms with Gasteiger partial charge in [0.1, 0.15) is 0 Å². The van der Waals surface area contributed by atoms with E-state index in [1.807, 2.05) is 67.4 Å². The first kappa shape index (κ1) is 16.3. The zero-order valence-corrected chi connectivity index (χ0v) is 14.9. The van der Waals surface area contributed by atoms with E-state index in [0.29, 0.717) is 12.2 Å². The van der Waals surface area contributed by atoms with Gasteiger partial charge in [0.15, 0.2) is 10.5 Å². The van der Waals surface area contributed by atoms with Gasteiger partial charge in [0, 0.05) is 24.7 Å². The molecule has 0 saturated carbocycles. The standard InChI is InChI=1S/C18H20N4OS/c1-5-11-21-13(2)12-24-18(21)19-16-14(3)20(4)22(17(16)23)15-9-7-6-8-10-15/h5-10,12H,1,11H2,2-4H3. The van der Waals surface area contributed by atoms with E-state index in [0.717, 1.165) is 21.9 Å². The highest BCUT2D eigenvalue weighted by atomic mass is 32.1. The Kier molecular flexibility index (Phi) is 4.40. The van der Waals surface area contributed by atoms with Crippen LogP contribution in [0.2, 0.25) is 0 Å². The van der Waals surface area contributed by atoms with Crippen molar-refractivity contribution in [3.05, 3.63) is 74.9 Å². The van der Waals surface area contributed by atoms with Crippen LogP contribution in [0.4, 0.5) is 5.69 Å². The molecule has 0 unspecified atom stereocenters. The number of thiazole rings is 1. The molecule has 0 atom stereocenters. The maximum Gasteiger partial charge on any atom is 0.297 e. The molecule has 0 aliphatic heterocycles. The highest BCUT2D eigenvalue weighted by Crippen LogP contribution is 2.16. The minimum atomic E-state index is -0.114. The summed E-state index contributed by atoms with van der Waals surface area (Å²) >= 11 is 1.53. The van der Waals surface area contributed by atoms with Crippen molar-refractivity contribution in [1.82, 2.24) is 13.9 Å². The Morgan fingerprint density at radius 3 is 2.62 bits per heavy atom. The predicted octanol–water partition coefficient (Wildman–Crippen LogP) is 3.07. The van der Waals surface area contributed by atoms with E-state index in [2.05, 4.69) is 16.1 Å². The van der Waals surface area contributed by atoms with Crippen LogP contribution in [0.25, 0.3) is 5.69 Å². The average Bonchev–Trinajstić information content (AvgIpc) is 3.03. The van der Waals surface area contributed by atoms with Gasteiger partial charge in [-0.25, -0.2) is 9.67 Å². The van der Waals surface area contributed by atoms with Crippen LogP contribution in [0.15, 0.2) is 58.2 Å². The van der Waals surface area contributed by atoms with Crippen LogP contribution in [0, 0.1) is 13.8 Å². The summed E-state index contributed by atoms with van der Waals surface area (Å²) in [5.74, 6) is 0. The third kappa shape index (κ3) is 2.69. The Bertz CT molecular complexity index is 1000. The molecule has 0 fully saturated rings. The van der Waals surface area contributed by atoms with Gasteiger partial charge in [-0.3, -0.25) is 9.48 Å². The first-order valence-corrected chi connectivity index (χ1v) is 8.57. The maximum atomic E-state index is 12.9. The van der Waals surface area contributed by atoms with Crippen molar-refractivity contribution in [1.29, 1.82) is 0 Å². The van der Waals surface area contributed by atoms with Crippen molar-refractivity contribution in [3.63, 3.8) is 0 Å². The molecule has 0 aliphatic carbocycles. The number of nitrogens with zero attached hydrogens (tertiary/aromatic N) is 4. The smallest absolute Gasteiger partial charge is 0.297 e. The van der Waals surface area contributed by atoms with Crippen molar-refractivity contribution >= 4 is 17.0 Å². The molecule has 0 radical (unpaired) electrons. The second-order valence-corrected chi connectivity index (χ2v) is 6.42. The van der Waals surface area contributed by atoms with Gasteiger partial charge in [-0.1, -0.05) is 24.3 Å². The lowest BCUT2D eigenvalue weighted by Gasteiger charge is -2.07. The summed E-state index contributed by atoms with van der Waals surface area (Å²) in [6.45, 7) is 8.41. The molecule has 3 aromatic rings. The maximum absolute atomic E-state index is 12.9. The molecule has 2 heterocycles. The summed E-state index contributed by atoms with van der Waals surface area (Å²) in [6.07, 6.45) is 1.83. The fourth-order valence-corrected chi connectivity index (χ4v) is 3.53. The van der Waals surface area contributed by atoms with Crippen LogP contribution in [0.5, 0.6) is 0 Å². The van der Waals surface area contributed by atoms with Crippen LogP contribution in [-0.2, 0) is 13.6 Å². The second kappa shape index (κ2) is 6.49.